The fourth-order valence-corrected chi connectivity index (χ4v) is 5.42. The lowest BCUT2D eigenvalue weighted by Crippen LogP contribution is -2.51. The van der Waals surface area contributed by atoms with Crippen molar-refractivity contribution in [1.29, 1.82) is 0 Å². The minimum atomic E-state index is -3.93. The SMILES string of the molecule is CCC(=O)CCC(=O)N[C@@H](Cc1ccccc1)[C@H](O)CN(C[C@@H](C)CC)S(=O)(=O)c1ccc(OC)cc1. The third kappa shape index (κ3) is 9.57. The van der Waals surface area contributed by atoms with Crippen molar-refractivity contribution in [2.45, 2.75) is 69.9 Å². The number of carbonyl (C=O) groups excluding carboxylic acids is 2. The van der Waals surface area contributed by atoms with Gasteiger partial charge in [0, 0.05) is 32.4 Å². The maximum absolute atomic E-state index is 13.6. The summed E-state index contributed by atoms with van der Waals surface area (Å²) in [4.78, 5) is 24.4. The molecule has 2 N–H and O–H groups in total. The van der Waals surface area contributed by atoms with E-state index >= 15 is 0 Å². The third-order valence-corrected chi connectivity index (χ3v) is 8.28. The third-order valence-electron chi connectivity index (χ3n) is 6.43. The van der Waals surface area contributed by atoms with Gasteiger partial charge in [0.15, 0.2) is 0 Å². The second-order valence-electron chi connectivity index (χ2n) is 9.33. The molecule has 2 aromatic rings. The van der Waals surface area contributed by atoms with Crippen LogP contribution in [0, 0.1) is 5.92 Å². The van der Waals surface area contributed by atoms with Gasteiger partial charge in [0.1, 0.15) is 11.5 Å². The van der Waals surface area contributed by atoms with E-state index in [0.29, 0.717) is 18.6 Å². The van der Waals surface area contributed by atoms with Gasteiger partial charge in [-0.1, -0.05) is 57.5 Å². The number of aliphatic hydroxyl groups is 1. The molecule has 2 aromatic carbocycles. The van der Waals surface area contributed by atoms with Gasteiger partial charge in [-0.2, -0.15) is 4.31 Å². The molecule has 3 atom stereocenters. The molecule has 0 saturated carbocycles. The molecule has 0 aliphatic heterocycles. The number of sulfonamides is 1. The molecule has 0 spiro atoms. The Kier molecular flexibility index (Phi) is 12.2. The monoisotopic (exact) mass is 532 g/mol. The highest BCUT2D eigenvalue weighted by Gasteiger charge is 2.31. The van der Waals surface area contributed by atoms with Crippen LogP contribution >= 0.6 is 0 Å². The molecule has 0 saturated heterocycles. The second kappa shape index (κ2) is 14.9. The summed E-state index contributed by atoms with van der Waals surface area (Å²) >= 11 is 0. The molecule has 2 rings (SSSR count). The molecule has 0 radical (unpaired) electrons. The molecule has 204 valence electrons. The number of carbonyl (C=O) groups is 2. The molecule has 1 amide bonds. The fraction of sp³-hybridized carbons (Fsp3) is 0.500. The van der Waals surface area contributed by atoms with Gasteiger partial charge < -0.3 is 15.2 Å². The van der Waals surface area contributed by atoms with Gasteiger partial charge in [-0.05, 0) is 42.2 Å². The summed E-state index contributed by atoms with van der Waals surface area (Å²) in [6.45, 7) is 5.72. The number of ketones is 1. The summed E-state index contributed by atoms with van der Waals surface area (Å²) in [6.07, 6.45) is 0.406. The number of methoxy groups -OCH3 is 1. The molecule has 0 fully saturated rings. The van der Waals surface area contributed by atoms with Crippen molar-refractivity contribution in [1.82, 2.24) is 9.62 Å². The largest absolute Gasteiger partial charge is 0.497 e. The number of benzene rings is 2. The van der Waals surface area contributed by atoms with Crippen LogP contribution in [0.25, 0.3) is 0 Å². The molecule has 0 aliphatic rings. The number of aliphatic hydroxyl groups excluding tert-OH is 1. The normalized spacial score (nSPS) is 14.1. The quantitative estimate of drug-likeness (QED) is 0.342. The lowest BCUT2D eigenvalue weighted by Gasteiger charge is -2.31. The van der Waals surface area contributed by atoms with Crippen LogP contribution in [-0.4, -0.2) is 61.9 Å². The van der Waals surface area contributed by atoms with Crippen LogP contribution in [0.4, 0.5) is 0 Å². The Morgan fingerprint density at radius 2 is 1.65 bits per heavy atom. The topological polar surface area (TPSA) is 113 Å². The Morgan fingerprint density at radius 1 is 1.00 bits per heavy atom. The molecule has 8 nitrogen and oxygen atoms in total. The highest BCUT2D eigenvalue weighted by molar-refractivity contribution is 7.89. The zero-order valence-electron chi connectivity index (χ0n) is 22.2. The maximum Gasteiger partial charge on any atom is 0.243 e. The van der Waals surface area contributed by atoms with Gasteiger partial charge in [-0.15, -0.1) is 0 Å². The van der Waals surface area contributed by atoms with Gasteiger partial charge in [0.2, 0.25) is 15.9 Å². The molecular weight excluding hydrogens is 492 g/mol. The Hall–Kier alpha value is -2.75. The standard InChI is InChI=1S/C28H40N2O6S/c1-5-21(3)19-30(37(34,35)25-15-13-24(36-4)14-16-25)20-27(32)26(18-22-10-8-7-9-11-22)29-28(33)17-12-23(31)6-2/h7-11,13-16,21,26-27,32H,5-6,12,17-20H2,1-4H3,(H,29,33)/t21-,26-,27+/m0/s1. The smallest absolute Gasteiger partial charge is 0.243 e. The number of hydrogen-bond donors (Lipinski definition) is 2. The van der Waals surface area contributed by atoms with Gasteiger partial charge in [-0.3, -0.25) is 9.59 Å². The Balaban J connectivity index is 2.30. The second-order valence-corrected chi connectivity index (χ2v) is 11.3. The molecule has 0 bridgehead atoms. The minimum Gasteiger partial charge on any atom is -0.497 e. The number of ether oxygens (including phenoxy) is 1. The van der Waals surface area contributed by atoms with E-state index in [2.05, 4.69) is 5.32 Å². The van der Waals surface area contributed by atoms with Crippen LogP contribution in [0.1, 0.15) is 52.0 Å². The van der Waals surface area contributed by atoms with E-state index in [1.54, 1.807) is 19.1 Å². The average molecular weight is 533 g/mol. The zero-order chi connectivity index (χ0) is 27.4. The summed E-state index contributed by atoms with van der Waals surface area (Å²) < 4.78 is 33.6. The van der Waals surface area contributed by atoms with Crippen LogP contribution < -0.4 is 10.1 Å². The van der Waals surface area contributed by atoms with Gasteiger partial charge in [0.05, 0.1) is 24.2 Å². The van der Waals surface area contributed by atoms with E-state index in [-0.39, 0.29) is 48.4 Å². The van der Waals surface area contributed by atoms with Gasteiger partial charge in [0.25, 0.3) is 0 Å². The summed E-state index contributed by atoms with van der Waals surface area (Å²) in [7, 11) is -2.42. The first-order valence-electron chi connectivity index (χ1n) is 12.8. The van der Waals surface area contributed by atoms with Gasteiger partial charge >= 0.3 is 0 Å². The average Bonchev–Trinajstić information content (AvgIpc) is 2.91. The summed E-state index contributed by atoms with van der Waals surface area (Å²) in [5, 5.41) is 14.1. The van der Waals surface area contributed by atoms with E-state index in [4.69, 9.17) is 4.74 Å². The predicted octanol–water partition coefficient (Wildman–Crippen LogP) is 3.58. The van der Waals surface area contributed by atoms with Crippen molar-refractivity contribution < 1.29 is 27.9 Å². The van der Waals surface area contributed by atoms with Crippen molar-refractivity contribution in [3.63, 3.8) is 0 Å². The van der Waals surface area contributed by atoms with Crippen molar-refractivity contribution in [3.8, 4) is 5.75 Å². The zero-order valence-corrected chi connectivity index (χ0v) is 23.0. The minimum absolute atomic E-state index is 0.0133. The molecule has 0 unspecified atom stereocenters. The first-order valence-corrected chi connectivity index (χ1v) is 14.2. The summed E-state index contributed by atoms with van der Waals surface area (Å²) in [6, 6.07) is 14.8. The van der Waals surface area contributed by atoms with E-state index in [0.717, 1.165) is 12.0 Å². The van der Waals surface area contributed by atoms with Crippen molar-refractivity contribution in [2.75, 3.05) is 20.2 Å². The molecule has 0 aromatic heterocycles. The highest BCUT2D eigenvalue weighted by atomic mass is 32.2. The lowest BCUT2D eigenvalue weighted by atomic mass is 10.00. The first kappa shape index (κ1) is 30.5. The number of amides is 1. The van der Waals surface area contributed by atoms with E-state index in [9.17, 15) is 23.1 Å². The Morgan fingerprint density at radius 3 is 2.22 bits per heavy atom. The molecule has 37 heavy (non-hydrogen) atoms. The molecule has 0 aliphatic carbocycles. The molecular formula is C28H40N2O6S. The van der Waals surface area contributed by atoms with Crippen LogP contribution in [0.3, 0.4) is 0 Å². The van der Waals surface area contributed by atoms with Crippen molar-refractivity contribution in [3.05, 3.63) is 60.2 Å². The number of hydrogen-bond acceptors (Lipinski definition) is 6. The van der Waals surface area contributed by atoms with Crippen LogP contribution in [0.5, 0.6) is 5.75 Å². The lowest BCUT2D eigenvalue weighted by molar-refractivity contribution is -0.126. The van der Waals surface area contributed by atoms with E-state index in [1.807, 2.05) is 44.2 Å². The highest BCUT2D eigenvalue weighted by Crippen LogP contribution is 2.22. The summed E-state index contributed by atoms with van der Waals surface area (Å²) in [5.74, 6) is 0.232. The van der Waals surface area contributed by atoms with Crippen LogP contribution in [0.15, 0.2) is 59.5 Å². The number of rotatable bonds is 16. The van der Waals surface area contributed by atoms with Crippen LogP contribution in [0.2, 0.25) is 0 Å². The van der Waals surface area contributed by atoms with Crippen molar-refractivity contribution in [2.24, 2.45) is 5.92 Å². The van der Waals surface area contributed by atoms with E-state index in [1.165, 1.54) is 23.5 Å². The van der Waals surface area contributed by atoms with Crippen molar-refractivity contribution >= 4 is 21.7 Å². The fourth-order valence-electron chi connectivity index (χ4n) is 3.84. The molecule has 9 heteroatoms. The van der Waals surface area contributed by atoms with E-state index < -0.39 is 22.2 Å². The molecule has 0 heterocycles. The number of nitrogens with one attached hydrogen (secondary N) is 1. The Labute approximate surface area is 221 Å². The summed E-state index contributed by atoms with van der Waals surface area (Å²) in [5.41, 5.74) is 0.892. The van der Waals surface area contributed by atoms with Gasteiger partial charge in [-0.25, -0.2) is 8.42 Å². The van der Waals surface area contributed by atoms with Crippen LogP contribution in [-0.2, 0) is 26.0 Å². The number of nitrogens with zero attached hydrogens (tertiary/aromatic N) is 1. The maximum atomic E-state index is 13.6. The number of Topliss-reactive ketones (excluding diaryl/α,β-unsaturated/α-hetero) is 1. The Bertz CT molecular complexity index is 1090. The predicted molar refractivity (Wildman–Crippen MR) is 144 cm³/mol. The first-order chi connectivity index (χ1) is 17.6.